The lowest BCUT2D eigenvalue weighted by Gasteiger charge is -2.42. The Hall–Kier alpha value is -3.55. The number of piperidine rings is 1. The first-order chi connectivity index (χ1) is 18.3. The highest BCUT2D eigenvalue weighted by atomic mass is 35.5. The molecule has 196 valence electrons. The number of hydrogen-bond acceptors (Lipinski definition) is 3. The second kappa shape index (κ2) is 10.7. The number of amides is 3. The third kappa shape index (κ3) is 5.08. The molecule has 2 atom stereocenters. The minimum absolute atomic E-state index is 0.0967. The molecular formula is C29H27Cl2N3O4. The monoisotopic (exact) mass is 551 g/mol. The summed E-state index contributed by atoms with van der Waals surface area (Å²) in [5.41, 5.74) is 2.65. The topological polar surface area (TPSA) is 98.7 Å². The van der Waals surface area contributed by atoms with Crippen molar-refractivity contribution < 1.29 is 19.5 Å². The number of nitrogens with one attached hydrogen (secondary N) is 2. The number of urea groups is 1. The Kier molecular flexibility index (Phi) is 7.32. The first-order valence-corrected chi connectivity index (χ1v) is 13.2. The largest absolute Gasteiger partial charge is 0.478 e. The number of hydrogen-bond donors (Lipinski definition) is 3. The van der Waals surface area contributed by atoms with Crippen molar-refractivity contribution in [1.82, 2.24) is 10.2 Å². The second-order valence-electron chi connectivity index (χ2n) is 9.87. The molecule has 3 aromatic carbocycles. The van der Waals surface area contributed by atoms with Crippen LogP contribution in [0.15, 0.2) is 66.7 Å². The molecule has 38 heavy (non-hydrogen) atoms. The van der Waals surface area contributed by atoms with Crippen molar-refractivity contribution >= 4 is 46.8 Å². The summed E-state index contributed by atoms with van der Waals surface area (Å²) in [4.78, 5) is 39.8. The van der Waals surface area contributed by atoms with Crippen LogP contribution in [0.5, 0.6) is 0 Å². The number of anilines is 1. The molecular weight excluding hydrogens is 525 g/mol. The van der Waals surface area contributed by atoms with Crippen molar-refractivity contribution in [2.75, 3.05) is 18.4 Å². The highest BCUT2D eigenvalue weighted by Crippen LogP contribution is 2.49. The lowest BCUT2D eigenvalue weighted by Crippen LogP contribution is -2.53. The molecule has 3 aromatic rings. The van der Waals surface area contributed by atoms with Crippen LogP contribution in [-0.4, -0.2) is 41.0 Å². The van der Waals surface area contributed by atoms with E-state index >= 15 is 0 Å². The molecule has 2 heterocycles. The van der Waals surface area contributed by atoms with E-state index in [-0.39, 0.29) is 30.0 Å². The van der Waals surface area contributed by atoms with Gasteiger partial charge in [0.15, 0.2) is 0 Å². The average molecular weight is 552 g/mol. The number of carbonyl (C=O) groups is 3. The van der Waals surface area contributed by atoms with Crippen LogP contribution < -0.4 is 10.6 Å². The van der Waals surface area contributed by atoms with E-state index in [0.717, 1.165) is 29.5 Å². The van der Waals surface area contributed by atoms with Gasteiger partial charge in [-0.15, -0.1) is 0 Å². The quantitative estimate of drug-likeness (QED) is 0.363. The van der Waals surface area contributed by atoms with Gasteiger partial charge in [0.2, 0.25) is 5.91 Å². The van der Waals surface area contributed by atoms with E-state index < -0.39 is 11.4 Å². The Bertz CT molecular complexity index is 1390. The van der Waals surface area contributed by atoms with Crippen molar-refractivity contribution in [3.63, 3.8) is 0 Å². The molecule has 5 rings (SSSR count). The summed E-state index contributed by atoms with van der Waals surface area (Å²) in [5.74, 6) is -1.22. The van der Waals surface area contributed by atoms with Crippen LogP contribution in [0.1, 0.15) is 39.9 Å². The Balaban J connectivity index is 1.39. The maximum atomic E-state index is 13.8. The standard InChI is InChI=1S/C29H27Cl2N3O4/c30-22-5-1-3-19(13-22)15-29(24-11-10-23(31)14-25(24)33-27(29)37)21-4-2-12-34(17-21)28(38)32-16-18-6-8-20(9-7-18)26(35)36/h1,3,5-11,13-14,21H,2,4,12,15-17H2,(H,32,38)(H,33,37)(H,35,36). The zero-order valence-corrected chi connectivity index (χ0v) is 22.1. The highest BCUT2D eigenvalue weighted by Gasteiger charge is 2.53. The third-order valence-corrected chi connectivity index (χ3v) is 8.01. The third-order valence-electron chi connectivity index (χ3n) is 7.54. The van der Waals surface area contributed by atoms with E-state index in [9.17, 15) is 14.4 Å². The number of nitrogens with zero attached hydrogens (tertiary/aromatic N) is 1. The van der Waals surface area contributed by atoms with E-state index in [2.05, 4.69) is 10.6 Å². The number of likely N-dealkylation sites (tertiary alicyclic amines) is 1. The molecule has 0 radical (unpaired) electrons. The molecule has 0 aromatic heterocycles. The molecule has 1 fully saturated rings. The Morgan fingerprint density at radius 1 is 1.03 bits per heavy atom. The van der Waals surface area contributed by atoms with Crippen LogP contribution >= 0.6 is 23.2 Å². The molecule has 0 saturated carbocycles. The number of rotatable bonds is 6. The van der Waals surface area contributed by atoms with Gasteiger partial charge < -0.3 is 20.6 Å². The van der Waals surface area contributed by atoms with Crippen LogP contribution in [-0.2, 0) is 23.2 Å². The zero-order valence-electron chi connectivity index (χ0n) is 20.5. The molecule has 9 heteroatoms. The van der Waals surface area contributed by atoms with Crippen LogP contribution in [0.3, 0.4) is 0 Å². The minimum atomic E-state index is -0.994. The lowest BCUT2D eigenvalue weighted by atomic mass is 9.65. The van der Waals surface area contributed by atoms with E-state index in [1.54, 1.807) is 29.2 Å². The number of fused-ring (bicyclic) bond motifs is 1. The number of halogens is 2. The normalized spacial score (nSPS) is 20.5. The Morgan fingerprint density at radius 2 is 1.79 bits per heavy atom. The van der Waals surface area contributed by atoms with Gasteiger partial charge in [0.1, 0.15) is 0 Å². The number of carboxylic acid groups (broad SMARTS) is 1. The molecule has 3 N–H and O–H groups in total. The summed E-state index contributed by atoms with van der Waals surface area (Å²) in [5, 5.41) is 16.2. The number of benzene rings is 3. The minimum Gasteiger partial charge on any atom is -0.478 e. The summed E-state index contributed by atoms with van der Waals surface area (Å²) in [6, 6.07) is 19.2. The van der Waals surface area contributed by atoms with Crippen molar-refractivity contribution in [3.8, 4) is 0 Å². The molecule has 1 saturated heterocycles. The van der Waals surface area contributed by atoms with E-state index in [4.69, 9.17) is 28.3 Å². The van der Waals surface area contributed by atoms with Crippen molar-refractivity contribution in [1.29, 1.82) is 0 Å². The first kappa shape index (κ1) is 26.1. The summed E-state index contributed by atoms with van der Waals surface area (Å²) in [6.45, 7) is 1.28. The molecule has 2 unspecified atom stereocenters. The van der Waals surface area contributed by atoms with Crippen LogP contribution in [0.2, 0.25) is 10.0 Å². The molecule has 0 bridgehead atoms. The summed E-state index contributed by atoms with van der Waals surface area (Å²) in [6.07, 6.45) is 2.00. The fourth-order valence-corrected chi connectivity index (χ4v) is 6.06. The molecule has 0 aliphatic carbocycles. The van der Waals surface area contributed by atoms with Gasteiger partial charge in [0.25, 0.3) is 0 Å². The average Bonchev–Trinajstić information content (AvgIpc) is 3.18. The lowest BCUT2D eigenvalue weighted by molar-refractivity contribution is -0.123. The van der Waals surface area contributed by atoms with Gasteiger partial charge in [-0.25, -0.2) is 9.59 Å². The Labute approximate surface area is 230 Å². The van der Waals surface area contributed by atoms with Gasteiger partial charge in [-0.1, -0.05) is 53.5 Å². The molecule has 3 amide bonds. The molecule has 2 aliphatic rings. The second-order valence-corrected chi connectivity index (χ2v) is 10.7. The maximum Gasteiger partial charge on any atom is 0.335 e. The van der Waals surface area contributed by atoms with Gasteiger partial charge in [-0.3, -0.25) is 4.79 Å². The number of aromatic carboxylic acids is 1. The molecule has 7 nitrogen and oxygen atoms in total. The SMILES string of the molecule is O=C(O)c1ccc(CNC(=O)N2CCCC(C3(Cc4cccc(Cl)c4)C(=O)Nc4cc(Cl)ccc43)C2)cc1. The Morgan fingerprint density at radius 3 is 2.53 bits per heavy atom. The predicted octanol–water partition coefficient (Wildman–Crippen LogP) is 5.75. The van der Waals surface area contributed by atoms with Crippen molar-refractivity contribution in [2.45, 2.75) is 31.2 Å². The summed E-state index contributed by atoms with van der Waals surface area (Å²) >= 11 is 12.5. The summed E-state index contributed by atoms with van der Waals surface area (Å²) in [7, 11) is 0. The predicted molar refractivity (Wildman–Crippen MR) is 147 cm³/mol. The van der Waals surface area contributed by atoms with Crippen molar-refractivity contribution in [2.24, 2.45) is 5.92 Å². The summed E-state index contributed by atoms with van der Waals surface area (Å²) < 4.78 is 0. The van der Waals surface area contributed by atoms with Gasteiger partial charge in [-0.05, 0) is 78.3 Å². The van der Waals surface area contributed by atoms with Crippen LogP contribution in [0.4, 0.5) is 10.5 Å². The van der Waals surface area contributed by atoms with Crippen molar-refractivity contribution in [3.05, 3.63) is 99.0 Å². The van der Waals surface area contributed by atoms with Crippen LogP contribution in [0.25, 0.3) is 0 Å². The van der Waals surface area contributed by atoms with Gasteiger partial charge in [0.05, 0.1) is 11.0 Å². The molecule has 2 aliphatic heterocycles. The number of carboxylic acids is 1. The fourth-order valence-electron chi connectivity index (χ4n) is 5.68. The van der Waals surface area contributed by atoms with E-state index in [1.165, 1.54) is 12.1 Å². The fraction of sp³-hybridized carbons (Fsp3) is 0.276. The van der Waals surface area contributed by atoms with Gasteiger partial charge in [0, 0.05) is 35.4 Å². The molecule has 0 spiro atoms. The first-order valence-electron chi connectivity index (χ1n) is 12.5. The maximum absolute atomic E-state index is 13.8. The zero-order chi connectivity index (χ0) is 26.9. The smallest absolute Gasteiger partial charge is 0.335 e. The number of carbonyl (C=O) groups excluding carboxylic acids is 2. The van der Waals surface area contributed by atoms with Crippen LogP contribution in [0, 0.1) is 5.92 Å². The van der Waals surface area contributed by atoms with E-state index in [0.29, 0.717) is 35.2 Å². The van der Waals surface area contributed by atoms with Gasteiger partial charge in [-0.2, -0.15) is 0 Å². The van der Waals surface area contributed by atoms with E-state index in [1.807, 2.05) is 30.3 Å². The highest BCUT2D eigenvalue weighted by molar-refractivity contribution is 6.31. The van der Waals surface area contributed by atoms with Gasteiger partial charge >= 0.3 is 12.0 Å².